The van der Waals surface area contributed by atoms with Crippen molar-refractivity contribution in [2.24, 2.45) is 0 Å². The summed E-state index contributed by atoms with van der Waals surface area (Å²) >= 11 is 0. The molecular weight excluding hydrogens is 919 g/mol. The van der Waals surface area contributed by atoms with Gasteiger partial charge in [0, 0.05) is 48.9 Å². The van der Waals surface area contributed by atoms with Crippen molar-refractivity contribution in [1.82, 2.24) is 29.9 Å². The van der Waals surface area contributed by atoms with E-state index < -0.39 is 30.0 Å². The molecule has 22 nitrogen and oxygen atoms in total. The Kier molecular flexibility index (Phi) is 20.8. The predicted octanol–water partition coefficient (Wildman–Crippen LogP) is -3.50. The number of anilines is 9. The van der Waals surface area contributed by atoms with Gasteiger partial charge >= 0.3 is 59.1 Å². The van der Waals surface area contributed by atoms with Crippen LogP contribution in [0.1, 0.15) is 24.0 Å². The van der Waals surface area contributed by atoms with Crippen LogP contribution in [0.2, 0.25) is 0 Å². The number of aliphatic hydroxyl groups excluding tert-OH is 4. The van der Waals surface area contributed by atoms with Gasteiger partial charge in [-0.15, -0.1) is 0 Å². The zero-order valence-electron chi connectivity index (χ0n) is 35.9. The zero-order chi connectivity index (χ0) is 45.7. The number of nitrogens with one attached hydrogen (secondary N) is 4. The fourth-order valence-corrected chi connectivity index (χ4v) is 7.61. The normalized spacial score (nSPS) is 12.4. The Morgan fingerprint density at radius 1 is 0.561 bits per heavy atom. The maximum Gasteiger partial charge on any atom is 1.00 e. The van der Waals surface area contributed by atoms with Crippen molar-refractivity contribution in [3.63, 3.8) is 0 Å². The average Bonchev–Trinajstić information content (AvgIpc) is 3.26. The van der Waals surface area contributed by atoms with E-state index in [2.05, 4.69) is 51.2 Å². The Labute approximate surface area is 425 Å². The SMILES string of the molecule is O=S(=O)([O-])c1cc(Nc2nc(NC3=CC=CCC3)nc(N(CCO)CCO)n2)ccc1C=Cc1ccc(Nc2nc(Nc3ccccc3)nc(N(CCO)CCO)n2)cc1S(=O)(=O)[O-].[Na+].[Na+]. The van der Waals surface area contributed by atoms with E-state index in [4.69, 9.17) is 0 Å². The monoisotopic (exact) mass is 962 g/mol. The van der Waals surface area contributed by atoms with Gasteiger partial charge < -0.3 is 60.6 Å². The molecule has 0 atom stereocenters. The van der Waals surface area contributed by atoms with Gasteiger partial charge in [-0.3, -0.25) is 0 Å². The second-order valence-electron chi connectivity index (χ2n) is 13.7. The number of rotatable bonds is 22. The van der Waals surface area contributed by atoms with Gasteiger partial charge in [-0.1, -0.05) is 54.6 Å². The molecule has 0 aliphatic heterocycles. The summed E-state index contributed by atoms with van der Waals surface area (Å²) in [6.07, 6.45) is 9.50. The van der Waals surface area contributed by atoms with Crippen LogP contribution in [-0.4, -0.2) is 129 Å². The van der Waals surface area contributed by atoms with E-state index >= 15 is 0 Å². The molecule has 1 aliphatic rings. The zero-order valence-corrected chi connectivity index (χ0v) is 41.6. The fourth-order valence-electron chi connectivity index (χ4n) is 6.21. The molecule has 6 rings (SSSR count). The van der Waals surface area contributed by atoms with E-state index in [0.717, 1.165) is 24.3 Å². The number of hydrogen-bond donors (Lipinski definition) is 8. The molecule has 0 radical (unpaired) electrons. The van der Waals surface area contributed by atoms with Gasteiger partial charge in [-0.05, 0) is 66.4 Å². The third-order valence-corrected chi connectivity index (χ3v) is 10.9. The van der Waals surface area contributed by atoms with Gasteiger partial charge in [-0.2, -0.15) is 29.9 Å². The molecule has 0 unspecified atom stereocenters. The van der Waals surface area contributed by atoms with Crippen molar-refractivity contribution in [2.75, 3.05) is 83.7 Å². The molecule has 0 saturated carbocycles. The molecule has 1 aliphatic carbocycles. The molecule has 66 heavy (non-hydrogen) atoms. The van der Waals surface area contributed by atoms with E-state index in [0.29, 0.717) is 12.1 Å². The third kappa shape index (κ3) is 15.5. The predicted molar refractivity (Wildman–Crippen MR) is 237 cm³/mol. The van der Waals surface area contributed by atoms with Gasteiger partial charge in [0.25, 0.3) is 0 Å². The first-order valence-electron chi connectivity index (χ1n) is 19.6. The van der Waals surface area contributed by atoms with Crippen LogP contribution in [0.4, 0.5) is 52.8 Å². The molecule has 0 amide bonds. The third-order valence-electron chi connectivity index (χ3n) is 9.13. The molecule has 2 aromatic heterocycles. The Morgan fingerprint density at radius 3 is 1.35 bits per heavy atom. The van der Waals surface area contributed by atoms with Crippen LogP contribution in [0.15, 0.2) is 100 Å². The summed E-state index contributed by atoms with van der Waals surface area (Å²) in [7, 11) is -10.3. The number of benzene rings is 3. The van der Waals surface area contributed by atoms with Crippen molar-refractivity contribution in [2.45, 2.75) is 22.6 Å². The molecule has 0 bridgehead atoms. The van der Waals surface area contributed by atoms with Gasteiger partial charge in [0.2, 0.25) is 35.7 Å². The molecular formula is C40H44N12Na2O10S2. The van der Waals surface area contributed by atoms with E-state index in [-0.39, 0.29) is 170 Å². The smallest absolute Gasteiger partial charge is 0.744 e. The minimum absolute atomic E-state index is 0. The second-order valence-corrected chi connectivity index (χ2v) is 16.4. The maximum absolute atomic E-state index is 12.6. The average molecular weight is 963 g/mol. The quantitative estimate of drug-likeness (QED) is 0.0190. The van der Waals surface area contributed by atoms with E-state index in [9.17, 15) is 46.4 Å². The number of aliphatic hydroxyl groups is 4. The molecule has 26 heteroatoms. The molecule has 0 fully saturated rings. The van der Waals surface area contributed by atoms with E-state index in [1.165, 1.54) is 46.2 Å². The first-order valence-corrected chi connectivity index (χ1v) is 22.4. The fraction of sp³-hybridized carbons (Fsp3) is 0.250. The summed E-state index contributed by atoms with van der Waals surface area (Å²) in [6, 6.07) is 16.4. The summed E-state index contributed by atoms with van der Waals surface area (Å²) in [5.41, 5.74) is 1.28. The molecule has 0 spiro atoms. The van der Waals surface area contributed by atoms with Gasteiger partial charge in [0.1, 0.15) is 20.2 Å². The molecule has 8 N–H and O–H groups in total. The van der Waals surface area contributed by atoms with Crippen LogP contribution in [0.25, 0.3) is 12.2 Å². The van der Waals surface area contributed by atoms with Crippen molar-refractivity contribution in [1.29, 1.82) is 0 Å². The Hall–Kier alpha value is -4.64. The van der Waals surface area contributed by atoms with Crippen LogP contribution in [-0.2, 0) is 20.2 Å². The molecule has 3 aromatic carbocycles. The van der Waals surface area contributed by atoms with E-state index in [1.807, 2.05) is 24.3 Å². The molecule has 0 saturated heterocycles. The molecule has 5 aromatic rings. The van der Waals surface area contributed by atoms with Crippen LogP contribution in [0, 0.1) is 0 Å². The van der Waals surface area contributed by atoms with Gasteiger partial charge in [0.15, 0.2) is 0 Å². The summed E-state index contributed by atoms with van der Waals surface area (Å²) in [5, 5.41) is 50.4. The van der Waals surface area contributed by atoms with Crippen molar-refractivity contribution in [3.8, 4) is 0 Å². The summed E-state index contributed by atoms with van der Waals surface area (Å²) in [5.74, 6) is 0.169. The van der Waals surface area contributed by atoms with Crippen molar-refractivity contribution in [3.05, 3.63) is 102 Å². The summed E-state index contributed by atoms with van der Waals surface area (Å²) in [6.45, 7) is -0.829. The topological polar surface area (TPSA) is 327 Å². The molecule has 2 heterocycles. The van der Waals surface area contributed by atoms with Gasteiger partial charge in [-0.25, -0.2) is 16.8 Å². The standard InChI is InChI=1S/C40H46N12O10S2.2Na/c53-21-17-51(18-22-54)39-47-35(41-29-7-3-1-4-8-29)45-37(49-39)43-31-15-13-27(33(25-31)63(57,58)59)11-12-28-14-16-32(26-34(28)64(60,61)62)44-38-46-36(42-30-9-5-2-6-10-30)48-40(50-38)52(19-23-55)20-24-56;;/h1-5,7-9,11-16,25-26,53-56H,6,10,17-24H2,(H,57,58,59)(H,60,61,62)(H2,41,43,45,47,49)(H2,42,44,46,48,50);;/q;2*+1/p-2. The summed E-state index contributed by atoms with van der Waals surface area (Å²) in [4.78, 5) is 28.0. The number of hydrogen-bond acceptors (Lipinski definition) is 22. The Bertz CT molecular complexity index is 2730. The maximum atomic E-state index is 12.6. The van der Waals surface area contributed by atoms with Crippen LogP contribution >= 0.6 is 0 Å². The Balaban J connectivity index is 0.00000476. The minimum Gasteiger partial charge on any atom is -0.744 e. The van der Waals surface area contributed by atoms with Crippen LogP contribution < -0.4 is 90.2 Å². The van der Waals surface area contributed by atoms with Crippen LogP contribution in [0.3, 0.4) is 0 Å². The number of nitrogens with zero attached hydrogens (tertiary/aromatic N) is 8. The first kappa shape index (κ1) is 54.0. The molecule has 338 valence electrons. The number of allylic oxidation sites excluding steroid dienone is 4. The second kappa shape index (κ2) is 25.5. The van der Waals surface area contributed by atoms with Crippen molar-refractivity contribution < 1.29 is 105 Å². The largest absolute Gasteiger partial charge is 1.00 e. The first-order chi connectivity index (χ1) is 30.8. The van der Waals surface area contributed by atoms with Gasteiger partial charge in [0.05, 0.1) is 36.2 Å². The number of aromatic nitrogens is 6. The van der Waals surface area contributed by atoms with Crippen LogP contribution in [0.5, 0.6) is 0 Å². The number of para-hydroxylation sites is 1. The summed E-state index contributed by atoms with van der Waals surface area (Å²) < 4.78 is 75.6. The van der Waals surface area contributed by atoms with E-state index in [1.54, 1.807) is 24.3 Å². The Morgan fingerprint density at radius 2 is 0.970 bits per heavy atom. The van der Waals surface area contributed by atoms with Crippen molar-refractivity contribution >= 4 is 85.1 Å². The minimum atomic E-state index is -5.17.